The molecule has 0 spiro atoms. The van der Waals surface area contributed by atoms with Gasteiger partial charge in [0.05, 0.1) is 14.2 Å². The van der Waals surface area contributed by atoms with Crippen LogP contribution >= 0.6 is 0 Å². The largest absolute Gasteiger partial charge is 0.504 e. The van der Waals surface area contributed by atoms with Crippen LogP contribution in [0.25, 0.3) is 0 Å². The molecule has 0 atom stereocenters. The third-order valence-corrected chi connectivity index (χ3v) is 3.74. The van der Waals surface area contributed by atoms with E-state index in [0.717, 1.165) is 18.4 Å². The summed E-state index contributed by atoms with van der Waals surface area (Å²) in [7, 11) is 3.02. The maximum atomic E-state index is 10.9. The Bertz CT molecular complexity index is 495. The Morgan fingerprint density at radius 2 is 1.80 bits per heavy atom. The first-order chi connectivity index (χ1) is 9.58. The van der Waals surface area contributed by atoms with Gasteiger partial charge in [-0.25, -0.2) is 4.79 Å². The molecule has 0 aromatic heterocycles. The fraction of sp³-hybridized carbons (Fsp3) is 0.500. The number of aromatic hydroxyl groups is 1. The molecule has 0 radical (unpaired) electrons. The van der Waals surface area contributed by atoms with Gasteiger partial charge >= 0.3 is 6.09 Å². The third-order valence-electron chi connectivity index (χ3n) is 3.74. The molecule has 1 heterocycles. The van der Waals surface area contributed by atoms with E-state index < -0.39 is 6.09 Å². The minimum atomic E-state index is -0.876. The molecule has 2 rings (SSSR count). The molecule has 0 unspecified atom stereocenters. The molecule has 1 aromatic rings. The highest BCUT2D eigenvalue weighted by atomic mass is 16.5. The molecule has 20 heavy (non-hydrogen) atoms. The molecular formula is C14H19NO5. The lowest BCUT2D eigenvalue weighted by Gasteiger charge is -2.31. The fourth-order valence-electron chi connectivity index (χ4n) is 2.68. The minimum Gasteiger partial charge on any atom is -0.504 e. The summed E-state index contributed by atoms with van der Waals surface area (Å²) < 4.78 is 10.5. The molecule has 6 heteroatoms. The molecule has 1 aliphatic rings. The Labute approximate surface area is 117 Å². The summed E-state index contributed by atoms with van der Waals surface area (Å²) in [6, 6.07) is 3.40. The van der Waals surface area contributed by atoms with Crippen molar-refractivity contribution in [1.29, 1.82) is 0 Å². The Morgan fingerprint density at radius 1 is 1.20 bits per heavy atom. The lowest BCUT2D eigenvalue weighted by atomic mass is 9.88. The van der Waals surface area contributed by atoms with Crippen molar-refractivity contribution in [1.82, 2.24) is 4.90 Å². The summed E-state index contributed by atoms with van der Waals surface area (Å²) in [5.74, 6) is 1.10. The van der Waals surface area contributed by atoms with E-state index in [1.54, 1.807) is 6.07 Å². The van der Waals surface area contributed by atoms with Gasteiger partial charge in [-0.2, -0.15) is 0 Å². The van der Waals surface area contributed by atoms with E-state index in [4.69, 9.17) is 14.6 Å². The van der Waals surface area contributed by atoms with E-state index >= 15 is 0 Å². The van der Waals surface area contributed by atoms with Crippen LogP contribution in [-0.4, -0.2) is 48.5 Å². The second-order valence-electron chi connectivity index (χ2n) is 4.78. The SMILES string of the molecule is COc1c(O)ccc(C2CCN(C(=O)O)CC2)c1OC. The first-order valence-electron chi connectivity index (χ1n) is 6.50. The number of methoxy groups -OCH3 is 2. The van der Waals surface area contributed by atoms with Crippen molar-refractivity contribution in [2.75, 3.05) is 27.3 Å². The molecule has 0 aliphatic carbocycles. The van der Waals surface area contributed by atoms with Crippen LogP contribution in [0.1, 0.15) is 24.3 Å². The van der Waals surface area contributed by atoms with Crippen LogP contribution in [0.3, 0.4) is 0 Å². The van der Waals surface area contributed by atoms with E-state index in [1.807, 2.05) is 6.07 Å². The number of carboxylic acid groups (broad SMARTS) is 1. The van der Waals surface area contributed by atoms with Gasteiger partial charge < -0.3 is 24.6 Å². The predicted octanol–water partition coefficient (Wildman–Crippen LogP) is 2.27. The number of benzene rings is 1. The van der Waals surface area contributed by atoms with Crippen LogP contribution in [0, 0.1) is 0 Å². The van der Waals surface area contributed by atoms with Crippen LogP contribution in [0.5, 0.6) is 17.2 Å². The van der Waals surface area contributed by atoms with Gasteiger partial charge in [-0.3, -0.25) is 0 Å². The van der Waals surface area contributed by atoms with Crippen molar-refractivity contribution in [2.24, 2.45) is 0 Å². The highest BCUT2D eigenvalue weighted by molar-refractivity contribution is 5.65. The molecule has 1 aromatic carbocycles. The number of piperidine rings is 1. The number of hydrogen-bond donors (Lipinski definition) is 2. The summed E-state index contributed by atoms with van der Waals surface area (Å²) >= 11 is 0. The van der Waals surface area contributed by atoms with Gasteiger partial charge in [-0.05, 0) is 24.8 Å². The molecule has 6 nitrogen and oxygen atoms in total. The highest BCUT2D eigenvalue weighted by Crippen LogP contribution is 2.44. The van der Waals surface area contributed by atoms with Gasteiger partial charge in [0.25, 0.3) is 0 Å². The van der Waals surface area contributed by atoms with Gasteiger partial charge in [0.15, 0.2) is 11.5 Å². The summed E-state index contributed by atoms with van der Waals surface area (Å²) in [6.45, 7) is 1.01. The Balaban J connectivity index is 2.24. The van der Waals surface area contributed by atoms with E-state index in [1.165, 1.54) is 19.1 Å². The maximum Gasteiger partial charge on any atom is 0.407 e. The molecule has 0 saturated carbocycles. The van der Waals surface area contributed by atoms with Crippen LogP contribution < -0.4 is 9.47 Å². The molecule has 1 aliphatic heterocycles. The van der Waals surface area contributed by atoms with Crippen molar-refractivity contribution in [3.63, 3.8) is 0 Å². The van der Waals surface area contributed by atoms with Gasteiger partial charge in [-0.1, -0.05) is 6.07 Å². The first-order valence-corrected chi connectivity index (χ1v) is 6.50. The average molecular weight is 281 g/mol. The second-order valence-corrected chi connectivity index (χ2v) is 4.78. The number of hydrogen-bond acceptors (Lipinski definition) is 4. The van der Waals surface area contributed by atoms with Crippen molar-refractivity contribution in [3.8, 4) is 17.2 Å². The van der Waals surface area contributed by atoms with Crippen molar-refractivity contribution < 1.29 is 24.5 Å². The summed E-state index contributed by atoms with van der Waals surface area (Å²) in [6.07, 6.45) is 0.589. The van der Waals surface area contributed by atoms with Gasteiger partial charge in [-0.15, -0.1) is 0 Å². The molecule has 0 bridgehead atoms. The number of carbonyl (C=O) groups is 1. The van der Waals surface area contributed by atoms with E-state index in [0.29, 0.717) is 24.6 Å². The lowest BCUT2D eigenvalue weighted by molar-refractivity contribution is 0.132. The third kappa shape index (κ3) is 2.59. The summed E-state index contributed by atoms with van der Waals surface area (Å²) in [4.78, 5) is 12.3. The fourth-order valence-corrected chi connectivity index (χ4v) is 2.68. The lowest BCUT2D eigenvalue weighted by Crippen LogP contribution is -2.36. The van der Waals surface area contributed by atoms with Crippen LogP contribution in [0.4, 0.5) is 4.79 Å². The summed E-state index contributed by atoms with van der Waals surface area (Å²) in [5.41, 5.74) is 0.951. The second kappa shape index (κ2) is 5.90. The molecule has 110 valence electrons. The van der Waals surface area contributed by atoms with Crippen LogP contribution in [0.15, 0.2) is 12.1 Å². The zero-order chi connectivity index (χ0) is 14.7. The molecule has 2 N–H and O–H groups in total. The number of nitrogens with zero attached hydrogens (tertiary/aromatic N) is 1. The van der Waals surface area contributed by atoms with Gasteiger partial charge in [0.2, 0.25) is 5.75 Å². The highest BCUT2D eigenvalue weighted by Gasteiger charge is 2.27. The zero-order valence-corrected chi connectivity index (χ0v) is 11.6. The number of amides is 1. The normalized spacial score (nSPS) is 16.0. The monoisotopic (exact) mass is 281 g/mol. The number of phenols is 1. The molecule has 1 fully saturated rings. The van der Waals surface area contributed by atoms with E-state index in [-0.39, 0.29) is 11.7 Å². The van der Waals surface area contributed by atoms with Crippen molar-refractivity contribution >= 4 is 6.09 Å². The van der Waals surface area contributed by atoms with Gasteiger partial charge in [0, 0.05) is 18.7 Å². The number of rotatable bonds is 3. The van der Waals surface area contributed by atoms with E-state index in [9.17, 15) is 9.90 Å². The number of likely N-dealkylation sites (tertiary alicyclic amines) is 1. The molecular weight excluding hydrogens is 262 g/mol. The number of phenolic OH excluding ortho intramolecular Hbond substituents is 1. The Morgan fingerprint density at radius 3 is 2.30 bits per heavy atom. The topological polar surface area (TPSA) is 79.2 Å². The molecule has 1 saturated heterocycles. The van der Waals surface area contributed by atoms with Crippen LogP contribution in [-0.2, 0) is 0 Å². The molecule has 1 amide bonds. The van der Waals surface area contributed by atoms with Crippen molar-refractivity contribution in [2.45, 2.75) is 18.8 Å². The summed E-state index contributed by atoms with van der Waals surface area (Å²) in [5, 5.41) is 18.7. The average Bonchev–Trinajstić information content (AvgIpc) is 2.46. The maximum absolute atomic E-state index is 10.9. The predicted molar refractivity (Wildman–Crippen MR) is 72.8 cm³/mol. The van der Waals surface area contributed by atoms with Crippen molar-refractivity contribution in [3.05, 3.63) is 17.7 Å². The van der Waals surface area contributed by atoms with E-state index in [2.05, 4.69) is 0 Å². The first kappa shape index (κ1) is 14.3. The van der Waals surface area contributed by atoms with Crippen LogP contribution in [0.2, 0.25) is 0 Å². The Kier molecular flexibility index (Phi) is 4.22. The smallest absolute Gasteiger partial charge is 0.407 e. The quantitative estimate of drug-likeness (QED) is 0.888. The standard InChI is InChI=1S/C14H19NO5/c1-19-12-10(3-4-11(16)13(12)20-2)9-5-7-15(8-6-9)14(17)18/h3-4,9,16H,5-8H2,1-2H3,(H,17,18). The Hall–Kier alpha value is -2.11. The minimum absolute atomic E-state index is 0.0380. The van der Waals surface area contributed by atoms with Gasteiger partial charge in [0.1, 0.15) is 0 Å². The number of ether oxygens (including phenoxy) is 2. The zero-order valence-electron chi connectivity index (χ0n) is 11.6.